The van der Waals surface area contributed by atoms with E-state index >= 15 is 0 Å². The van der Waals surface area contributed by atoms with Gasteiger partial charge in [0.2, 0.25) is 5.91 Å². The van der Waals surface area contributed by atoms with Crippen molar-refractivity contribution in [2.75, 3.05) is 24.2 Å². The van der Waals surface area contributed by atoms with Crippen molar-refractivity contribution in [1.82, 2.24) is 5.32 Å². The van der Waals surface area contributed by atoms with Crippen molar-refractivity contribution in [2.24, 2.45) is 0 Å². The molecule has 1 N–H and O–H groups in total. The Morgan fingerprint density at radius 3 is 2.17 bits per heavy atom. The fourth-order valence-corrected chi connectivity index (χ4v) is 5.86. The molecule has 0 saturated carbocycles. The second-order valence-corrected chi connectivity index (χ2v) is 12.3. The van der Waals surface area contributed by atoms with Crippen molar-refractivity contribution in [2.45, 2.75) is 29.2 Å². The van der Waals surface area contributed by atoms with Crippen LogP contribution in [-0.2, 0) is 24.7 Å². The summed E-state index contributed by atoms with van der Waals surface area (Å²) in [4.78, 5) is 13.3. The van der Waals surface area contributed by atoms with E-state index < -0.39 is 38.4 Å². The Balaban J connectivity index is 1.95. The lowest BCUT2D eigenvalue weighted by Crippen LogP contribution is -2.42. The van der Waals surface area contributed by atoms with Crippen LogP contribution in [0.1, 0.15) is 24.9 Å². The molecule has 3 aromatic rings. The molecule has 36 heavy (non-hydrogen) atoms. The molecule has 0 aliphatic heterocycles. The van der Waals surface area contributed by atoms with E-state index in [4.69, 9.17) is 16.3 Å². The number of rotatable bonds is 10. The van der Waals surface area contributed by atoms with E-state index in [1.807, 2.05) is 6.92 Å². The maximum atomic E-state index is 13.6. The summed E-state index contributed by atoms with van der Waals surface area (Å²) in [5, 5.41) is 3.12. The maximum Gasteiger partial charge on any atom is 0.264 e. The summed E-state index contributed by atoms with van der Waals surface area (Å²) in [6, 6.07) is 18.0. The molecule has 1 atom stereocenters. The van der Waals surface area contributed by atoms with Gasteiger partial charge in [0.15, 0.2) is 9.84 Å². The molecule has 1 amide bonds. The predicted molar refractivity (Wildman–Crippen MR) is 140 cm³/mol. The zero-order chi connectivity index (χ0) is 26.5. The zero-order valence-electron chi connectivity index (χ0n) is 20.0. The van der Waals surface area contributed by atoms with Gasteiger partial charge in [-0.3, -0.25) is 9.10 Å². The summed E-state index contributed by atoms with van der Waals surface area (Å²) in [5.41, 5.74) is 0.811. The number of nitrogens with one attached hydrogen (secondary N) is 1. The van der Waals surface area contributed by atoms with Gasteiger partial charge >= 0.3 is 0 Å². The number of anilines is 1. The van der Waals surface area contributed by atoms with Crippen molar-refractivity contribution in [1.29, 1.82) is 0 Å². The lowest BCUT2D eigenvalue weighted by molar-refractivity contribution is -0.120. The summed E-state index contributed by atoms with van der Waals surface area (Å²) < 4.78 is 57.0. The number of methoxy groups -OCH3 is 1. The van der Waals surface area contributed by atoms with Crippen LogP contribution in [0.25, 0.3) is 0 Å². The van der Waals surface area contributed by atoms with Crippen molar-refractivity contribution >= 4 is 43.1 Å². The molecule has 0 saturated heterocycles. The first kappa shape index (κ1) is 27.5. The third kappa shape index (κ3) is 6.37. The Kier molecular flexibility index (Phi) is 8.65. The lowest BCUT2D eigenvalue weighted by atomic mass is 10.0. The van der Waals surface area contributed by atoms with E-state index in [2.05, 4.69) is 5.32 Å². The van der Waals surface area contributed by atoms with Gasteiger partial charge in [0.1, 0.15) is 12.3 Å². The molecular weight excluding hydrogens is 524 g/mol. The summed E-state index contributed by atoms with van der Waals surface area (Å²) in [7, 11) is -6.12. The van der Waals surface area contributed by atoms with Crippen molar-refractivity contribution in [3.8, 4) is 5.75 Å². The largest absolute Gasteiger partial charge is 0.495 e. The zero-order valence-corrected chi connectivity index (χ0v) is 22.4. The molecular formula is C25H27ClN2O6S2. The number of nitrogens with zero attached hydrogens (tertiary/aromatic N) is 1. The molecule has 3 rings (SSSR count). The quantitative estimate of drug-likeness (QED) is 0.405. The van der Waals surface area contributed by atoms with E-state index in [1.54, 1.807) is 36.4 Å². The first-order valence-corrected chi connectivity index (χ1v) is 14.7. The lowest BCUT2D eigenvalue weighted by Gasteiger charge is -2.27. The second kappa shape index (κ2) is 11.3. The van der Waals surface area contributed by atoms with Crippen LogP contribution in [0.2, 0.25) is 5.02 Å². The smallest absolute Gasteiger partial charge is 0.264 e. The molecule has 11 heteroatoms. The van der Waals surface area contributed by atoms with E-state index in [0.29, 0.717) is 12.0 Å². The van der Waals surface area contributed by atoms with Gasteiger partial charge in [0.25, 0.3) is 10.0 Å². The van der Waals surface area contributed by atoms with E-state index in [9.17, 15) is 21.6 Å². The molecule has 0 heterocycles. The molecule has 0 aromatic heterocycles. The van der Waals surface area contributed by atoms with E-state index in [1.165, 1.54) is 43.5 Å². The van der Waals surface area contributed by atoms with Gasteiger partial charge in [-0.15, -0.1) is 0 Å². The van der Waals surface area contributed by atoms with Gasteiger partial charge in [-0.2, -0.15) is 0 Å². The van der Waals surface area contributed by atoms with Gasteiger partial charge in [-0.25, -0.2) is 16.8 Å². The Morgan fingerprint density at radius 2 is 1.61 bits per heavy atom. The number of carbonyl (C=O) groups is 1. The average molecular weight is 551 g/mol. The summed E-state index contributed by atoms with van der Waals surface area (Å²) >= 11 is 6.16. The molecule has 8 nitrogen and oxygen atoms in total. The van der Waals surface area contributed by atoms with Gasteiger partial charge in [0.05, 0.1) is 28.6 Å². The third-order valence-electron chi connectivity index (χ3n) is 5.48. The SMILES string of the molecule is CCC(NC(=O)CN(c1cc(Cl)ccc1OC)S(=O)(=O)c1ccccc1)c1ccc(S(C)(=O)=O)cc1. The summed E-state index contributed by atoms with van der Waals surface area (Å²) in [6.07, 6.45) is 1.61. The second-order valence-electron chi connectivity index (χ2n) is 8.01. The highest BCUT2D eigenvalue weighted by Gasteiger charge is 2.30. The third-order valence-corrected chi connectivity index (χ3v) is 8.62. The van der Waals surface area contributed by atoms with Gasteiger partial charge in [-0.1, -0.05) is 48.9 Å². The molecule has 0 bridgehead atoms. The number of benzene rings is 3. The molecule has 0 radical (unpaired) electrons. The summed E-state index contributed by atoms with van der Waals surface area (Å²) in [5.74, 6) is -0.328. The highest BCUT2D eigenvalue weighted by molar-refractivity contribution is 7.93. The van der Waals surface area contributed by atoms with Crippen molar-refractivity contribution in [3.63, 3.8) is 0 Å². The summed E-state index contributed by atoms with van der Waals surface area (Å²) in [6.45, 7) is 1.32. The van der Waals surface area contributed by atoms with Crippen LogP contribution in [-0.4, -0.2) is 42.7 Å². The Hall–Kier alpha value is -3.08. The number of amides is 1. The van der Waals surface area contributed by atoms with Gasteiger partial charge in [-0.05, 0) is 54.4 Å². The monoisotopic (exact) mass is 550 g/mol. The minimum atomic E-state index is -4.16. The normalized spacial score (nSPS) is 12.6. The molecule has 0 aliphatic rings. The van der Waals surface area contributed by atoms with E-state index in [-0.39, 0.29) is 26.3 Å². The molecule has 1 unspecified atom stereocenters. The number of hydrogen-bond donors (Lipinski definition) is 1. The highest BCUT2D eigenvalue weighted by atomic mass is 35.5. The van der Waals surface area contributed by atoms with Crippen LogP contribution in [0.3, 0.4) is 0 Å². The minimum absolute atomic E-state index is 0.00299. The Morgan fingerprint density at radius 1 is 0.972 bits per heavy atom. The fraction of sp³-hybridized carbons (Fsp3) is 0.240. The number of halogens is 1. The molecule has 0 spiro atoms. The standard InChI is InChI=1S/C25H27ClN2O6S2/c1-4-22(18-10-13-20(14-11-18)35(3,30)31)27-25(29)17-28(23-16-19(26)12-15-24(23)34-2)36(32,33)21-8-6-5-7-9-21/h5-16,22H,4,17H2,1-3H3,(H,27,29). The first-order valence-electron chi connectivity index (χ1n) is 11.0. The van der Waals surface area contributed by atoms with Crippen LogP contribution in [0.15, 0.2) is 82.6 Å². The Labute approximate surface area is 216 Å². The van der Waals surface area contributed by atoms with Crippen LogP contribution >= 0.6 is 11.6 Å². The van der Waals surface area contributed by atoms with Crippen LogP contribution in [0.4, 0.5) is 5.69 Å². The average Bonchev–Trinajstić information content (AvgIpc) is 2.86. The maximum absolute atomic E-state index is 13.6. The molecule has 0 aliphatic carbocycles. The number of ether oxygens (including phenoxy) is 1. The first-order chi connectivity index (χ1) is 17.0. The van der Waals surface area contributed by atoms with Crippen LogP contribution in [0, 0.1) is 0 Å². The molecule has 3 aromatic carbocycles. The van der Waals surface area contributed by atoms with Crippen LogP contribution < -0.4 is 14.4 Å². The van der Waals surface area contributed by atoms with Crippen molar-refractivity contribution < 1.29 is 26.4 Å². The van der Waals surface area contributed by atoms with Crippen LogP contribution in [0.5, 0.6) is 5.75 Å². The highest BCUT2D eigenvalue weighted by Crippen LogP contribution is 2.35. The predicted octanol–water partition coefficient (Wildman–Crippen LogP) is 4.21. The Bertz CT molecular complexity index is 1430. The van der Waals surface area contributed by atoms with E-state index in [0.717, 1.165) is 10.6 Å². The van der Waals surface area contributed by atoms with Crippen molar-refractivity contribution in [3.05, 3.63) is 83.4 Å². The minimum Gasteiger partial charge on any atom is -0.495 e. The van der Waals surface area contributed by atoms with Gasteiger partial charge in [0, 0.05) is 11.3 Å². The number of carbonyl (C=O) groups excluding carboxylic acids is 1. The topological polar surface area (TPSA) is 110 Å². The fourth-order valence-electron chi connectivity index (χ4n) is 3.62. The number of sulfone groups is 1. The number of hydrogen-bond acceptors (Lipinski definition) is 6. The molecule has 192 valence electrons. The van der Waals surface area contributed by atoms with Gasteiger partial charge < -0.3 is 10.1 Å². The molecule has 0 fully saturated rings. The number of sulfonamides is 1.